The average molecular weight is 484 g/mol. The van der Waals surface area contributed by atoms with Crippen molar-refractivity contribution in [3.05, 3.63) is 45.9 Å². The molecule has 0 spiro atoms. The van der Waals surface area contributed by atoms with Crippen molar-refractivity contribution in [2.45, 2.75) is 50.8 Å². The molecule has 0 aliphatic carbocycles. The summed E-state index contributed by atoms with van der Waals surface area (Å²) in [6.07, 6.45) is 1.78. The SMILES string of the molecule is Cc1ccc(F)c([C@@H](C)[C@@H](C2=NNCO2)N2CN(C)C3=NC(Cl)=CCC3(C)S2(=O)=O)c1C. The Hall–Kier alpha value is -2.17. The van der Waals surface area contributed by atoms with Gasteiger partial charge in [-0.3, -0.25) is 5.43 Å². The van der Waals surface area contributed by atoms with Crippen LogP contribution in [0.3, 0.4) is 0 Å². The minimum Gasteiger partial charge on any atom is -0.456 e. The van der Waals surface area contributed by atoms with Crippen LogP contribution in [0.2, 0.25) is 0 Å². The molecule has 4 rings (SSSR count). The van der Waals surface area contributed by atoms with E-state index in [-0.39, 0.29) is 36.7 Å². The van der Waals surface area contributed by atoms with Crippen molar-refractivity contribution in [1.82, 2.24) is 14.6 Å². The zero-order chi connectivity index (χ0) is 23.4. The third kappa shape index (κ3) is 3.39. The molecule has 3 aliphatic rings. The van der Waals surface area contributed by atoms with Crippen LogP contribution in [0.5, 0.6) is 0 Å². The quantitative estimate of drug-likeness (QED) is 0.665. The Kier molecular flexibility index (Phi) is 5.75. The van der Waals surface area contributed by atoms with Gasteiger partial charge in [0.05, 0.1) is 6.67 Å². The molecule has 174 valence electrons. The third-order valence-electron chi connectivity index (χ3n) is 6.64. The normalized spacial score (nSPS) is 26.8. The number of rotatable bonds is 4. The van der Waals surface area contributed by atoms with Gasteiger partial charge in [0, 0.05) is 13.0 Å². The maximum Gasteiger partial charge on any atom is 0.229 e. The van der Waals surface area contributed by atoms with Gasteiger partial charge in [-0.2, -0.15) is 4.31 Å². The van der Waals surface area contributed by atoms with Crippen molar-refractivity contribution in [2.75, 3.05) is 20.4 Å². The first-order chi connectivity index (χ1) is 15.0. The molecule has 1 aromatic rings. The summed E-state index contributed by atoms with van der Waals surface area (Å²) in [5.41, 5.74) is 4.88. The fourth-order valence-electron chi connectivity index (χ4n) is 4.70. The Morgan fingerprint density at radius 2 is 2.06 bits per heavy atom. The summed E-state index contributed by atoms with van der Waals surface area (Å²) < 4.78 is 48.8. The van der Waals surface area contributed by atoms with Crippen LogP contribution in [0.1, 0.15) is 42.9 Å². The van der Waals surface area contributed by atoms with Gasteiger partial charge in [0.25, 0.3) is 0 Å². The average Bonchev–Trinajstić information content (AvgIpc) is 3.25. The van der Waals surface area contributed by atoms with Gasteiger partial charge in [-0.1, -0.05) is 24.6 Å². The van der Waals surface area contributed by atoms with E-state index >= 15 is 4.39 Å². The third-order valence-corrected chi connectivity index (χ3v) is 9.32. The molecule has 1 unspecified atom stereocenters. The van der Waals surface area contributed by atoms with E-state index in [9.17, 15) is 8.42 Å². The molecule has 0 bridgehead atoms. The number of hydrogen-bond donors (Lipinski definition) is 1. The van der Waals surface area contributed by atoms with Gasteiger partial charge >= 0.3 is 0 Å². The number of nitrogens with zero attached hydrogens (tertiary/aromatic N) is 4. The number of amidine groups is 1. The highest BCUT2D eigenvalue weighted by molar-refractivity contribution is 7.91. The maximum atomic E-state index is 15.0. The number of halogens is 2. The summed E-state index contributed by atoms with van der Waals surface area (Å²) >= 11 is 6.09. The highest BCUT2D eigenvalue weighted by Gasteiger charge is 2.57. The largest absolute Gasteiger partial charge is 0.456 e. The number of fused-ring (bicyclic) bond motifs is 1. The Labute approximate surface area is 192 Å². The van der Waals surface area contributed by atoms with E-state index in [0.29, 0.717) is 11.4 Å². The number of nitrogens with one attached hydrogen (secondary N) is 1. The zero-order valence-electron chi connectivity index (χ0n) is 18.7. The molecule has 1 aromatic carbocycles. The molecule has 32 heavy (non-hydrogen) atoms. The molecule has 0 aromatic heterocycles. The summed E-state index contributed by atoms with van der Waals surface area (Å²) in [7, 11) is -2.19. The fourth-order valence-corrected chi connectivity index (χ4v) is 7.00. The number of allylic oxidation sites excluding steroid dienone is 1. The highest BCUT2D eigenvalue weighted by atomic mass is 35.5. The molecule has 3 heterocycles. The van der Waals surface area contributed by atoms with Crippen molar-refractivity contribution in [3.8, 4) is 0 Å². The molecule has 3 aliphatic heterocycles. The summed E-state index contributed by atoms with van der Waals surface area (Å²) in [4.78, 5) is 6.08. The van der Waals surface area contributed by atoms with Crippen LogP contribution in [0, 0.1) is 19.7 Å². The number of sulfonamides is 1. The predicted octanol–water partition coefficient (Wildman–Crippen LogP) is 2.98. The first-order valence-electron chi connectivity index (χ1n) is 10.3. The molecule has 0 saturated carbocycles. The van der Waals surface area contributed by atoms with Crippen molar-refractivity contribution >= 4 is 33.4 Å². The number of aliphatic imine (C=N–C) groups is 1. The van der Waals surface area contributed by atoms with Crippen LogP contribution in [0.15, 0.2) is 33.5 Å². The second-order valence-corrected chi connectivity index (χ2v) is 11.4. The van der Waals surface area contributed by atoms with E-state index in [2.05, 4.69) is 15.5 Å². The minimum absolute atomic E-state index is 0.00476. The summed E-state index contributed by atoms with van der Waals surface area (Å²) in [6, 6.07) is 2.28. The van der Waals surface area contributed by atoms with Crippen molar-refractivity contribution in [3.63, 3.8) is 0 Å². The number of ether oxygens (including phenoxy) is 1. The van der Waals surface area contributed by atoms with Crippen LogP contribution < -0.4 is 5.43 Å². The number of hydrazone groups is 1. The van der Waals surface area contributed by atoms with Crippen LogP contribution in [0.25, 0.3) is 0 Å². The van der Waals surface area contributed by atoms with Crippen LogP contribution in [0.4, 0.5) is 4.39 Å². The van der Waals surface area contributed by atoms with E-state index in [4.69, 9.17) is 16.3 Å². The monoisotopic (exact) mass is 483 g/mol. The van der Waals surface area contributed by atoms with Crippen LogP contribution in [-0.4, -0.2) is 60.6 Å². The molecular formula is C21H27ClFN5O3S. The molecule has 0 amide bonds. The molecular weight excluding hydrogens is 457 g/mol. The van der Waals surface area contributed by atoms with E-state index in [1.165, 1.54) is 10.4 Å². The lowest BCUT2D eigenvalue weighted by Crippen LogP contribution is -2.67. The molecule has 1 saturated heterocycles. The van der Waals surface area contributed by atoms with E-state index in [1.54, 1.807) is 37.9 Å². The van der Waals surface area contributed by atoms with Crippen molar-refractivity contribution < 1.29 is 17.5 Å². The standard InChI is InChI=1S/C21H27ClFN5O3S/c1-12-6-7-15(23)17(13(12)2)14(3)18(19-26-24-10-31-19)28-11-27(5)20-21(4,32(28,29)30)9-8-16(22)25-20/h6-8,14,18,24H,9-11H2,1-5H3/t14-,18+,21?/m1/s1. The summed E-state index contributed by atoms with van der Waals surface area (Å²) in [5.74, 6) is -0.358. The van der Waals surface area contributed by atoms with Crippen molar-refractivity contribution in [1.29, 1.82) is 0 Å². The van der Waals surface area contributed by atoms with Gasteiger partial charge in [-0.05, 0) is 56.0 Å². The Morgan fingerprint density at radius 3 is 2.72 bits per heavy atom. The lowest BCUT2D eigenvalue weighted by molar-refractivity contribution is 0.211. The molecule has 0 radical (unpaired) electrons. The second-order valence-electron chi connectivity index (χ2n) is 8.66. The molecule has 8 nitrogen and oxygen atoms in total. The van der Waals surface area contributed by atoms with Gasteiger partial charge in [-0.15, -0.1) is 5.10 Å². The molecule has 11 heteroatoms. The van der Waals surface area contributed by atoms with Gasteiger partial charge in [-0.25, -0.2) is 17.8 Å². The van der Waals surface area contributed by atoms with Crippen molar-refractivity contribution in [2.24, 2.45) is 10.1 Å². The topological polar surface area (TPSA) is 86.6 Å². The molecule has 3 atom stereocenters. The molecule has 1 N–H and O–H groups in total. The second kappa shape index (κ2) is 8.00. The summed E-state index contributed by atoms with van der Waals surface area (Å²) in [6.45, 7) is 7.31. The Balaban J connectivity index is 1.86. The smallest absolute Gasteiger partial charge is 0.229 e. The lowest BCUT2D eigenvalue weighted by Gasteiger charge is -2.49. The Bertz CT molecular complexity index is 1150. The number of hydrogen-bond acceptors (Lipinski definition) is 7. The number of aryl methyl sites for hydroxylation is 1. The zero-order valence-corrected chi connectivity index (χ0v) is 20.3. The van der Waals surface area contributed by atoms with Crippen LogP contribution in [-0.2, 0) is 14.8 Å². The lowest BCUT2D eigenvalue weighted by atomic mass is 9.87. The van der Waals surface area contributed by atoms with Gasteiger partial charge in [0.1, 0.15) is 27.6 Å². The number of benzene rings is 1. The Morgan fingerprint density at radius 1 is 1.34 bits per heavy atom. The minimum atomic E-state index is -3.96. The van der Waals surface area contributed by atoms with Gasteiger partial charge in [0.2, 0.25) is 15.9 Å². The first kappa shape index (κ1) is 23.0. The van der Waals surface area contributed by atoms with E-state index < -0.39 is 26.7 Å². The molecule has 1 fully saturated rings. The predicted molar refractivity (Wildman–Crippen MR) is 122 cm³/mol. The van der Waals surface area contributed by atoms with Gasteiger partial charge in [0.15, 0.2) is 6.73 Å². The van der Waals surface area contributed by atoms with Gasteiger partial charge < -0.3 is 9.64 Å². The first-order valence-corrected chi connectivity index (χ1v) is 12.2. The fraction of sp³-hybridized carbons (Fsp3) is 0.524. The highest BCUT2D eigenvalue weighted by Crippen LogP contribution is 2.41. The van der Waals surface area contributed by atoms with E-state index in [1.807, 2.05) is 13.8 Å². The van der Waals surface area contributed by atoms with E-state index in [0.717, 1.165) is 11.1 Å². The van der Waals surface area contributed by atoms with Crippen LogP contribution >= 0.6 is 11.6 Å². The maximum absolute atomic E-state index is 15.0. The summed E-state index contributed by atoms with van der Waals surface area (Å²) in [5, 5.41) is 4.47.